The largest absolute Gasteiger partial charge is 0.348 e. The zero-order valence-electron chi connectivity index (χ0n) is 10.4. The predicted octanol–water partition coefficient (Wildman–Crippen LogP) is 1.05. The third kappa shape index (κ3) is 4.15. The van der Waals surface area contributed by atoms with Crippen molar-refractivity contribution in [2.45, 2.75) is 32.2 Å². The molecule has 1 atom stereocenters. The number of rotatable bonds is 2. The van der Waals surface area contributed by atoms with E-state index in [2.05, 4.69) is 9.97 Å². The van der Waals surface area contributed by atoms with Gasteiger partial charge in [-0.15, -0.1) is 24.8 Å². The molecular formula is C11H20Cl2N4O. The third-order valence-electron chi connectivity index (χ3n) is 3.06. The highest BCUT2D eigenvalue weighted by Gasteiger charge is 2.22. The third-order valence-corrected chi connectivity index (χ3v) is 3.06. The van der Waals surface area contributed by atoms with Crippen molar-refractivity contribution in [3.63, 3.8) is 0 Å². The van der Waals surface area contributed by atoms with Crippen molar-refractivity contribution in [2.75, 3.05) is 13.1 Å². The van der Waals surface area contributed by atoms with Crippen molar-refractivity contribution in [2.24, 2.45) is 5.73 Å². The number of amides is 1. The fourth-order valence-corrected chi connectivity index (χ4v) is 2.06. The SMILES string of the molecule is Cc1[nH]cnc1CC(=O)N1CCC[C@H](N)C1.Cl.Cl. The van der Waals surface area contributed by atoms with Gasteiger partial charge in [-0.1, -0.05) is 0 Å². The summed E-state index contributed by atoms with van der Waals surface area (Å²) >= 11 is 0. The molecule has 1 aromatic heterocycles. The summed E-state index contributed by atoms with van der Waals surface area (Å²) in [6.45, 7) is 3.44. The number of aryl methyl sites for hydroxylation is 1. The molecule has 1 amide bonds. The van der Waals surface area contributed by atoms with Gasteiger partial charge in [-0.2, -0.15) is 0 Å². The number of nitrogens with zero attached hydrogens (tertiary/aromatic N) is 2. The monoisotopic (exact) mass is 294 g/mol. The highest BCUT2D eigenvalue weighted by atomic mass is 35.5. The topological polar surface area (TPSA) is 75.0 Å². The fraction of sp³-hybridized carbons (Fsp3) is 0.636. The van der Waals surface area contributed by atoms with Gasteiger partial charge < -0.3 is 15.6 Å². The van der Waals surface area contributed by atoms with E-state index in [-0.39, 0.29) is 36.8 Å². The van der Waals surface area contributed by atoms with Crippen LogP contribution in [0.2, 0.25) is 0 Å². The minimum Gasteiger partial charge on any atom is -0.348 e. The molecule has 0 bridgehead atoms. The highest BCUT2D eigenvalue weighted by molar-refractivity contribution is 5.85. The second-order valence-corrected chi connectivity index (χ2v) is 4.39. The van der Waals surface area contributed by atoms with Crippen molar-refractivity contribution in [1.82, 2.24) is 14.9 Å². The second kappa shape index (κ2) is 7.61. The number of aromatic nitrogens is 2. The fourth-order valence-electron chi connectivity index (χ4n) is 2.06. The summed E-state index contributed by atoms with van der Waals surface area (Å²) in [5.74, 6) is 0.130. The Kier molecular flexibility index (Phi) is 7.28. The van der Waals surface area contributed by atoms with E-state index in [1.54, 1.807) is 6.33 Å². The maximum Gasteiger partial charge on any atom is 0.228 e. The van der Waals surface area contributed by atoms with E-state index in [1.807, 2.05) is 11.8 Å². The molecule has 0 aromatic carbocycles. The zero-order valence-corrected chi connectivity index (χ0v) is 12.0. The average molecular weight is 295 g/mol. The van der Waals surface area contributed by atoms with Gasteiger partial charge in [0.15, 0.2) is 0 Å². The summed E-state index contributed by atoms with van der Waals surface area (Å²) in [6, 6.07) is 0.137. The first-order valence-electron chi connectivity index (χ1n) is 5.69. The Hall–Kier alpha value is -0.780. The number of halogens is 2. The standard InChI is InChI=1S/C11H18N4O.2ClH/c1-8-10(14-7-13-8)5-11(16)15-4-2-3-9(12)6-15;;/h7,9H,2-6,12H2,1H3,(H,13,14);2*1H/t9-;;/m0../s1. The lowest BCUT2D eigenvalue weighted by Gasteiger charge is -2.30. The molecule has 0 saturated carbocycles. The van der Waals surface area contributed by atoms with Crippen LogP contribution in [-0.2, 0) is 11.2 Å². The number of nitrogens with two attached hydrogens (primary N) is 1. The lowest BCUT2D eigenvalue weighted by Crippen LogP contribution is -2.46. The second-order valence-electron chi connectivity index (χ2n) is 4.39. The van der Waals surface area contributed by atoms with Crippen LogP contribution in [0.3, 0.4) is 0 Å². The van der Waals surface area contributed by atoms with Crippen LogP contribution in [0.5, 0.6) is 0 Å². The van der Waals surface area contributed by atoms with E-state index in [9.17, 15) is 4.79 Å². The van der Waals surface area contributed by atoms with E-state index in [0.717, 1.165) is 30.8 Å². The number of piperidine rings is 1. The Bertz CT molecular complexity index is 383. The van der Waals surface area contributed by atoms with Gasteiger partial charge in [-0.3, -0.25) is 4.79 Å². The van der Waals surface area contributed by atoms with Crippen molar-refractivity contribution in [3.05, 3.63) is 17.7 Å². The number of aromatic amines is 1. The van der Waals surface area contributed by atoms with Crippen LogP contribution in [0.1, 0.15) is 24.2 Å². The Morgan fingerprint density at radius 2 is 2.33 bits per heavy atom. The van der Waals surface area contributed by atoms with Crippen molar-refractivity contribution >= 4 is 30.7 Å². The van der Waals surface area contributed by atoms with Gasteiger partial charge in [0.25, 0.3) is 0 Å². The summed E-state index contributed by atoms with van der Waals surface area (Å²) < 4.78 is 0. The van der Waals surface area contributed by atoms with Gasteiger partial charge in [0.05, 0.1) is 18.4 Å². The quantitative estimate of drug-likeness (QED) is 0.856. The van der Waals surface area contributed by atoms with Crippen LogP contribution in [0.25, 0.3) is 0 Å². The molecule has 1 fully saturated rings. The predicted molar refractivity (Wildman–Crippen MR) is 75.3 cm³/mol. The molecule has 1 saturated heterocycles. The normalized spacial score (nSPS) is 18.8. The molecule has 7 heteroatoms. The molecule has 0 aliphatic carbocycles. The van der Waals surface area contributed by atoms with Crippen molar-refractivity contribution < 1.29 is 4.79 Å². The van der Waals surface area contributed by atoms with E-state index >= 15 is 0 Å². The number of likely N-dealkylation sites (tertiary alicyclic amines) is 1. The number of carbonyl (C=O) groups is 1. The Morgan fingerprint density at radius 1 is 1.61 bits per heavy atom. The Morgan fingerprint density at radius 3 is 2.89 bits per heavy atom. The van der Waals surface area contributed by atoms with E-state index in [1.165, 1.54) is 0 Å². The number of H-pyrrole nitrogens is 1. The smallest absolute Gasteiger partial charge is 0.228 e. The summed E-state index contributed by atoms with van der Waals surface area (Å²) in [4.78, 5) is 20.9. The molecule has 3 N–H and O–H groups in total. The van der Waals surface area contributed by atoms with Crippen molar-refractivity contribution in [3.8, 4) is 0 Å². The molecule has 1 aliphatic rings. The molecule has 0 radical (unpaired) electrons. The van der Waals surface area contributed by atoms with Crippen LogP contribution in [0, 0.1) is 6.92 Å². The van der Waals surface area contributed by atoms with E-state index < -0.39 is 0 Å². The number of carbonyl (C=O) groups excluding carboxylic acids is 1. The van der Waals surface area contributed by atoms with E-state index in [0.29, 0.717) is 13.0 Å². The van der Waals surface area contributed by atoms with Crippen LogP contribution in [-0.4, -0.2) is 39.9 Å². The Labute approximate surface area is 119 Å². The van der Waals surface area contributed by atoms with Gasteiger partial charge in [-0.25, -0.2) is 4.98 Å². The first-order chi connectivity index (χ1) is 7.66. The molecular weight excluding hydrogens is 275 g/mol. The van der Waals surface area contributed by atoms with Gasteiger partial charge in [0, 0.05) is 24.8 Å². The summed E-state index contributed by atoms with van der Waals surface area (Å²) in [6.07, 6.45) is 4.03. The summed E-state index contributed by atoms with van der Waals surface area (Å²) in [5, 5.41) is 0. The van der Waals surface area contributed by atoms with Gasteiger partial charge in [-0.05, 0) is 19.8 Å². The lowest BCUT2D eigenvalue weighted by atomic mass is 10.1. The molecule has 1 aromatic rings. The number of hydrogen-bond acceptors (Lipinski definition) is 3. The van der Waals surface area contributed by atoms with Crippen molar-refractivity contribution in [1.29, 1.82) is 0 Å². The molecule has 5 nitrogen and oxygen atoms in total. The van der Waals surface area contributed by atoms with Crippen LogP contribution < -0.4 is 5.73 Å². The number of imidazole rings is 1. The van der Waals surface area contributed by atoms with Crippen LogP contribution >= 0.6 is 24.8 Å². The number of hydrogen-bond donors (Lipinski definition) is 2. The van der Waals surface area contributed by atoms with Gasteiger partial charge in [0.2, 0.25) is 5.91 Å². The minimum absolute atomic E-state index is 0. The van der Waals surface area contributed by atoms with Gasteiger partial charge >= 0.3 is 0 Å². The molecule has 2 heterocycles. The highest BCUT2D eigenvalue weighted by Crippen LogP contribution is 2.11. The lowest BCUT2D eigenvalue weighted by molar-refractivity contribution is -0.131. The summed E-state index contributed by atoms with van der Waals surface area (Å²) in [7, 11) is 0. The zero-order chi connectivity index (χ0) is 11.5. The molecule has 0 spiro atoms. The average Bonchev–Trinajstić information content (AvgIpc) is 2.64. The first kappa shape index (κ1) is 17.2. The molecule has 1 aliphatic heterocycles. The maximum absolute atomic E-state index is 12.0. The molecule has 0 unspecified atom stereocenters. The minimum atomic E-state index is 0. The summed E-state index contributed by atoms with van der Waals surface area (Å²) in [5.41, 5.74) is 7.65. The number of nitrogens with one attached hydrogen (secondary N) is 1. The molecule has 18 heavy (non-hydrogen) atoms. The Balaban J connectivity index is 0.00000144. The van der Waals surface area contributed by atoms with E-state index in [4.69, 9.17) is 5.73 Å². The van der Waals surface area contributed by atoms with Crippen LogP contribution in [0.4, 0.5) is 0 Å². The first-order valence-corrected chi connectivity index (χ1v) is 5.69. The molecule has 2 rings (SSSR count). The molecule has 104 valence electrons. The van der Waals surface area contributed by atoms with Crippen LogP contribution in [0.15, 0.2) is 6.33 Å². The maximum atomic E-state index is 12.0. The van der Waals surface area contributed by atoms with Gasteiger partial charge in [0.1, 0.15) is 0 Å².